The zero-order chi connectivity index (χ0) is 12.1. The Kier molecular flexibility index (Phi) is 3.87. The van der Waals surface area contributed by atoms with Gasteiger partial charge in [-0.2, -0.15) is 10.5 Å². The van der Waals surface area contributed by atoms with E-state index in [1.54, 1.807) is 12.1 Å². The lowest BCUT2D eigenvalue weighted by molar-refractivity contribution is 0.149. The average molecular weight is 222 g/mol. The van der Waals surface area contributed by atoms with E-state index >= 15 is 0 Å². The van der Waals surface area contributed by atoms with Gasteiger partial charge in [-0.05, 0) is 11.1 Å². The summed E-state index contributed by atoms with van der Waals surface area (Å²) in [5, 5.41) is 17.2. The molecule has 1 aromatic rings. The van der Waals surface area contributed by atoms with Crippen molar-refractivity contribution in [2.45, 2.75) is 19.4 Å². The van der Waals surface area contributed by atoms with Crippen molar-refractivity contribution in [3.8, 4) is 12.1 Å². The molecule has 1 rings (SSSR count). The fourth-order valence-corrected chi connectivity index (χ4v) is 1.39. The third kappa shape index (κ3) is 2.13. The van der Waals surface area contributed by atoms with Crippen LogP contribution in [0.5, 0.6) is 0 Å². The molecule has 0 aliphatic rings. The van der Waals surface area contributed by atoms with Crippen LogP contribution in [0.15, 0.2) is 6.20 Å². The number of alkyl halides is 2. The zero-order valence-corrected chi connectivity index (χ0v) is 8.24. The van der Waals surface area contributed by atoms with Crippen molar-refractivity contribution in [1.82, 2.24) is 4.98 Å². The summed E-state index contributed by atoms with van der Waals surface area (Å²) < 4.78 is 25.5. The summed E-state index contributed by atoms with van der Waals surface area (Å²) in [6, 6.07) is 3.36. The minimum atomic E-state index is -2.84. The van der Waals surface area contributed by atoms with Crippen LogP contribution < -0.4 is 5.73 Å². The topological polar surface area (TPSA) is 86.5 Å². The highest BCUT2D eigenvalue weighted by Gasteiger charge is 2.21. The number of nitriles is 2. The molecule has 0 amide bonds. The molecule has 82 valence electrons. The molecule has 16 heavy (non-hydrogen) atoms. The molecule has 2 N–H and O–H groups in total. The Morgan fingerprint density at radius 3 is 2.56 bits per heavy atom. The second-order valence-corrected chi connectivity index (χ2v) is 2.98. The molecule has 0 saturated heterocycles. The maximum atomic E-state index is 12.8. The number of nitrogens with two attached hydrogens (primary N) is 1. The van der Waals surface area contributed by atoms with Crippen LogP contribution in [0.25, 0.3) is 0 Å². The Balaban J connectivity index is 3.49. The zero-order valence-electron chi connectivity index (χ0n) is 8.24. The van der Waals surface area contributed by atoms with Gasteiger partial charge in [0.2, 0.25) is 0 Å². The molecule has 0 bridgehead atoms. The predicted octanol–water partition coefficient (Wildman–Crippen LogP) is 1.42. The van der Waals surface area contributed by atoms with Crippen LogP contribution in [0.2, 0.25) is 0 Å². The second kappa shape index (κ2) is 5.15. The first-order valence-corrected chi connectivity index (χ1v) is 4.41. The summed E-state index contributed by atoms with van der Waals surface area (Å²) in [5.41, 5.74) is 5.02. The first kappa shape index (κ1) is 12.0. The van der Waals surface area contributed by atoms with Crippen LogP contribution in [-0.2, 0) is 13.0 Å². The molecule has 1 heterocycles. The van der Waals surface area contributed by atoms with Crippen molar-refractivity contribution < 1.29 is 8.78 Å². The SMILES string of the molecule is N#CCc1c(CN)cnc(C#N)c1C(F)F. The standard InChI is InChI=1S/C10H8F2N4/c11-10(12)9-7(1-2-13)6(3-14)5-16-8(9)4-15/h5,10H,1,3,14H2. The minimum absolute atomic E-state index is 0.00937. The normalized spacial score (nSPS) is 9.88. The number of hydrogen-bond donors (Lipinski definition) is 1. The molecule has 0 saturated carbocycles. The van der Waals surface area contributed by atoms with Crippen molar-refractivity contribution in [3.05, 3.63) is 28.6 Å². The Bertz CT molecular complexity index is 471. The highest BCUT2D eigenvalue weighted by Crippen LogP contribution is 2.27. The van der Waals surface area contributed by atoms with Crippen LogP contribution >= 0.6 is 0 Å². The monoisotopic (exact) mass is 222 g/mol. The maximum absolute atomic E-state index is 12.8. The molecular formula is C10H8F2N4. The van der Waals surface area contributed by atoms with E-state index in [1.165, 1.54) is 6.20 Å². The van der Waals surface area contributed by atoms with Gasteiger partial charge in [-0.3, -0.25) is 0 Å². The van der Waals surface area contributed by atoms with Crippen molar-refractivity contribution in [2.75, 3.05) is 0 Å². The number of hydrogen-bond acceptors (Lipinski definition) is 4. The molecule has 1 aromatic heterocycles. The number of aromatic nitrogens is 1. The van der Waals surface area contributed by atoms with Gasteiger partial charge in [0, 0.05) is 12.7 Å². The number of halogens is 2. The van der Waals surface area contributed by atoms with Crippen LogP contribution in [0, 0.1) is 22.7 Å². The molecule has 0 unspecified atom stereocenters. The molecule has 6 heteroatoms. The van der Waals surface area contributed by atoms with Gasteiger partial charge in [0.25, 0.3) is 6.43 Å². The van der Waals surface area contributed by atoms with Gasteiger partial charge in [-0.1, -0.05) is 0 Å². The molecule has 0 aromatic carbocycles. The van der Waals surface area contributed by atoms with Gasteiger partial charge in [0.05, 0.1) is 18.1 Å². The number of nitrogens with zero attached hydrogens (tertiary/aromatic N) is 3. The Morgan fingerprint density at radius 1 is 1.44 bits per heavy atom. The predicted molar refractivity (Wildman–Crippen MR) is 51.1 cm³/mol. The maximum Gasteiger partial charge on any atom is 0.266 e. The summed E-state index contributed by atoms with van der Waals surface area (Å²) in [7, 11) is 0. The van der Waals surface area contributed by atoms with Crippen LogP contribution in [-0.4, -0.2) is 4.98 Å². The van der Waals surface area contributed by atoms with Crippen molar-refractivity contribution in [2.24, 2.45) is 5.73 Å². The van der Waals surface area contributed by atoms with Gasteiger partial charge in [0.1, 0.15) is 11.8 Å². The molecule has 4 nitrogen and oxygen atoms in total. The van der Waals surface area contributed by atoms with E-state index < -0.39 is 12.0 Å². The quantitative estimate of drug-likeness (QED) is 0.837. The lowest BCUT2D eigenvalue weighted by Gasteiger charge is -2.11. The largest absolute Gasteiger partial charge is 0.326 e. The van der Waals surface area contributed by atoms with E-state index in [1.807, 2.05) is 0 Å². The molecule has 0 atom stereocenters. The number of rotatable bonds is 3. The molecule has 0 aliphatic carbocycles. The highest BCUT2D eigenvalue weighted by atomic mass is 19.3. The van der Waals surface area contributed by atoms with Gasteiger partial charge in [-0.15, -0.1) is 0 Å². The smallest absolute Gasteiger partial charge is 0.266 e. The summed E-state index contributed by atoms with van der Waals surface area (Å²) in [5.74, 6) is 0. The molecule has 0 spiro atoms. The molecule has 0 radical (unpaired) electrons. The summed E-state index contributed by atoms with van der Waals surface area (Å²) in [6.45, 7) is 0.00937. The van der Waals surface area contributed by atoms with E-state index in [4.69, 9.17) is 16.3 Å². The Labute approximate surface area is 90.9 Å². The van der Waals surface area contributed by atoms with Crippen molar-refractivity contribution >= 4 is 0 Å². The summed E-state index contributed by atoms with van der Waals surface area (Å²) >= 11 is 0. The molecular weight excluding hydrogens is 214 g/mol. The van der Waals surface area contributed by atoms with E-state index in [2.05, 4.69) is 4.98 Å². The van der Waals surface area contributed by atoms with E-state index in [9.17, 15) is 8.78 Å². The van der Waals surface area contributed by atoms with E-state index in [0.717, 1.165) is 0 Å². The number of pyridine rings is 1. The van der Waals surface area contributed by atoms with Crippen LogP contribution in [0.4, 0.5) is 8.78 Å². The fraction of sp³-hybridized carbons (Fsp3) is 0.300. The third-order valence-electron chi connectivity index (χ3n) is 2.12. The van der Waals surface area contributed by atoms with E-state index in [0.29, 0.717) is 5.56 Å². The van der Waals surface area contributed by atoms with Crippen LogP contribution in [0.1, 0.15) is 28.8 Å². The van der Waals surface area contributed by atoms with Crippen molar-refractivity contribution in [3.63, 3.8) is 0 Å². The highest BCUT2D eigenvalue weighted by molar-refractivity contribution is 5.44. The van der Waals surface area contributed by atoms with Gasteiger partial charge >= 0.3 is 0 Å². The van der Waals surface area contributed by atoms with Crippen molar-refractivity contribution in [1.29, 1.82) is 10.5 Å². The third-order valence-corrected chi connectivity index (χ3v) is 2.12. The lowest BCUT2D eigenvalue weighted by Crippen LogP contribution is -2.09. The Hall–Kier alpha value is -2.05. The second-order valence-electron chi connectivity index (χ2n) is 2.98. The summed E-state index contributed by atoms with van der Waals surface area (Å²) in [4.78, 5) is 3.60. The van der Waals surface area contributed by atoms with Gasteiger partial charge in [-0.25, -0.2) is 13.8 Å². The van der Waals surface area contributed by atoms with Gasteiger partial charge < -0.3 is 5.73 Å². The fourth-order valence-electron chi connectivity index (χ4n) is 1.39. The average Bonchev–Trinajstić information content (AvgIpc) is 2.28. The van der Waals surface area contributed by atoms with E-state index in [-0.39, 0.29) is 24.2 Å². The van der Waals surface area contributed by atoms with Gasteiger partial charge in [0.15, 0.2) is 0 Å². The Morgan fingerprint density at radius 2 is 2.12 bits per heavy atom. The van der Waals surface area contributed by atoms with Crippen LogP contribution in [0.3, 0.4) is 0 Å². The molecule has 0 aliphatic heterocycles. The summed E-state index contributed by atoms with van der Waals surface area (Å²) in [6.07, 6.45) is -1.78. The first-order valence-electron chi connectivity index (χ1n) is 4.41. The molecule has 0 fully saturated rings. The first-order chi connectivity index (χ1) is 7.65. The lowest BCUT2D eigenvalue weighted by atomic mass is 9.99. The minimum Gasteiger partial charge on any atom is -0.326 e.